The van der Waals surface area contributed by atoms with E-state index in [2.05, 4.69) is 9.88 Å². The molecule has 0 saturated carbocycles. The first-order chi connectivity index (χ1) is 17.1. The van der Waals surface area contributed by atoms with E-state index in [-0.39, 0.29) is 0 Å². The van der Waals surface area contributed by atoms with Crippen LogP contribution in [0.5, 0.6) is 11.5 Å². The first-order valence-electron chi connectivity index (χ1n) is 11.9. The number of carboxylic acid groups (broad SMARTS) is 1. The van der Waals surface area contributed by atoms with E-state index in [1.165, 1.54) is 0 Å². The van der Waals surface area contributed by atoms with Crippen molar-refractivity contribution < 1.29 is 23.8 Å². The highest BCUT2D eigenvalue weighted by Gasteiger charge is 2.19. The van der Waals surface area contributed by atoms with Crippen LogP contribution in [0, 0.1) is 0 Å². The van der Waals surface area contributed by atoms with Crippen molar-refractivity contribution in [3.05, 3.63) is 84.4 Å². The summed E-state index contributed by atoms with van der Waals surface area (Å²) in [7, 11) is 0. The van der Waals surface area contributed by atoms with Gasteiger partial charge in [-0.1, -0.05) is 55.8 Å². The van der Waals surface area contributed by atoms with E-state index < -0.39 is 12.1 Å². The molecule has 182 valence electrons. The second-order valence-electron chi connectivity index (χ2n) is 8.28. The van der Waals surface area contributed by atoms with Gasteiger partial charge in [0.1, 0.15) is 17.0 Å². The second kappa shape index (κ2) is 11.9. The van der Waals surface area contributed by atoms with Gasteiger partial charge in [0.25, 0.3) is 6.01 Å². The lowest BCUT2D eigenvalue weighted by Gasteiger charge is -2.21. The van der Waals surface area contributed by atoms with Crippen molar-refractivity contribution in [3.63, 3.8) is 0 Å². The van der Waals surface area contributed by atoms with Crippen LogP contribution in [-0.2, 0) is 11.3 Å². The monoisotopic (exact) mass is 474 g/mol. The molecule has 1 atom stereocenters. The van der Waals surface area contributed by atoms with Crippen LogP contribution in [-0.4, -0.2) is 35.3 Å². The number of carbonyl (C=O) groups is 1. The Balaban J connectivity index is 1.48. The van der Waals surface area contributed by atoms with Crippen LogP contribution < -0.4 is 14.4 Å². The molecular formula is C28H30N2O5. The summed E-state index contributed by atoms with van der Waals surface area (Å²) in [5.74, 6) is 0.419. The van der Waals surface area contributed by atoms with Crippen molar-refractivity contribution >= 4 is 23.1 Å². The first-order valence-corrected chi connectivity index (χ1v) is 11.9. The molecule has 1 N–H and O–H groups in total. The Hall–Kier alpha value is -4.00. The molecule has 0 unspecified atom stereocenters. The quantitative estimate of drug-likeness (QED) is 0.240. The molecule has 0 aliphatic rings. The molecule has 0 radical (unpaired) electrons. The predicted molar refractivity (Wildman–Crippen MR) is 135 cm³/mol. The van der Waals surface area contributed by atoms with Gasteiger partial charge in [0, 0.05) is 13.1 Å². The minimum absolute atomic E-state index is 0.454. The van der Waals surface area contributed by atoms with Gasteiger partial charge in [0.15, 0.2) is 11.7 Å². The van der Waals surface area contributed by atoms with E-state index in [0.717, 1.165) is 35.3 Å². The fourth-order valence-electron chi connectivity index (χ4n) is 3.80. The summed E-state index contributed by atoms with van der Waals surface area (Å²) in [6, 6.07) is 25.5. The predicted octanol–water partition coefficient (Wildman–Crippen LogP) is 5.94. The maximum absolute atomic E-state index is 11.5. The molecule has 0 amide bonds. The van der Waals surface area contributed by atoms with Gasteiger partial charge in [-0.3, -0.25) is 0 Å². The van der Waals surface area contributed by atoms with E-state index in [1.54, 1.807) is 6.07 Å². The van der Waals surface area contributed by atoms with Crippen molar-refractivity contribution in [2.75, 3.05) is 18.1 Å². The van der Waals surface area contributed by atoms with Crippen LogP contribution in [0.25, 0.3) is 11.1 Å². The van der Waals surface area contributed by atoms with E-state index in [9.17, 15) is 9.90 Å². The van der Waals surface area contributed by atoms with Gasteiger partial charge in [-0.15, -0.1) is 0 Å². The molecule has 35 heavy (non-hydrogen) atoms. The minimum atomic E-state index is -0.955. The summed E-state index contributed by atoms with van der Waals surface area (Å²) in [5.41, 5.74) is 2.50. The first kappa shape index (κ1) is 24.1. The zero-order valence-electron chi connectivity index (χ0n) is 19.8. The van der Waals surface area contributed by atoms with E-state index in [0.29, 0.717) is 37.9 Å². The summed E-state index contributed by atoms with van der Waals surface area (Å²) in [6.07, 6.45) is 1.09. The van der Waals surface area contributed by atoms with Gasteiger partial charge in [0.05, 0.1) is 6.61 Å². The average Bonchev–Trinajstić information content (AvgIpc) is 3.31. The van der Waals surface area contributed by atoms with E-state index in [4.69, 9.17) is 13.9 Å². The molecular weight excluding hydrogens is 444 g/mol. The van der Waals surface area contributed by atoms with Gasteiger partial charge < -0.3 is 23.9 Å². The highest BCUT2D eigenvalue weighted by Crippen LogP contribution is 2.25. The molecule has 0 aliphatic carbocycles. The van der Waals surface area contributed by atoms with Crippen LogP contribution in [0.1, 0.15) is 31.7 Å². The van der Waals surface area contributed by atoms with Crippen LogP contribution in [0.15, 0.2) is 83.3 Å². The van der Waals surface area contributed by atoms with Crippen molar-refractivity contribution in [2.45, 2.75) is 38.8 Å². The summed E-state index contributed by atoms with van der Waals surface area (Å²) in [5, 5.41) is 9.44. The zero-order chi connectivity index (χ0) is 24.5. The summed E-state index contributed by atoms with van der Waals surface area (Å²) in [6.45, 7) is 3.69. The molecule has 0 spiro atoms. The Bertz CT molecular complexity index is 1190. The SMILES string of the molecule is CCC[C@@H](Oc1cccc(CN(CCCOc2ccccc2)c2nc3ccccc3o2)c1)C(=O)O. The minimum Gasteiger partial charge on any atom is -0.494 e. The number of nitrogens with zero attached hydrogens (tertiary/aromatic N) is 2. The fraction of sp³-hybridized carbons (Fsp3) is 0.286. The van der Waals surface area contributed by atoms with E-state index >= 15 is 0 Å². The van der Waals surface area contributed by atoms with Gasteiger partial charge >= 0.3 is 5.97 Å². The lowest BCUT2D eigenvalue weighted by atomic mass is 10.2. The molecule has 0 fully saturated rings. The number of rotatable bonds is 13. The second-order valence-corrected chi connectivity index (χ2v) is 8.28. The molecule has 7 nitrogen and oxygen atoms in total. The molecule has 4 rings (SSSR count). The highest BCUT2D eigenvalue weighted by atomic mass is 16.5. The number of para-hydroxylation sites is 3. The number of aromatic nitrogens is 1. The van der Waals surface area contributed by atoms with Gasteiger partial charge in [0.2, 0.25) is 0 Å². The Morgan fingerprint density at radius 3 is 2.57 bits per heavy atom. The lowest BCUT2D eigenvalue weighted by molar-refractivity contribution is -0.145. The third kappa shape index (κ3) is 6.76. The average molecular weight is 475 g/mol. The van der Waals surface area contributed by atoms with Crippen LogP contribution in [0.2, 0.25) is 0 Å². The number of benzene rings is 3. The Morgan fingerprint density at radius 1 is 1.03 bits per heavy atom. The van der Waals surface area contributed by atoms with Gasteiger partial charge in [-0.05, 0) is 54.8 Å². The fourth-order valence-corrected chi connectivity index (χ4v) is 3.80. The summed E-state index contributed by atoms with van der Waals surface area (Å²) in [4.78, 5) is 18.2. The number of anilines is 1. The third-order valence-electron chi connectivity index (χ3n) is 5.51. The number of aliphatic carboxylic acids is 1. The van der Waals surface area contributed by atoms with Crippen LogP contribution in [0.4, 0.5) is 6.01 Å². The number of hydrogen-bond acceptors (Lipinski definition) is 6. The van der Waals surface area contributed by atoms with Crippen molar-refractivity contribution in [3.8, 4) is 11.5 Å². The normalized spacial score (nSPS) is 11.8. The lowest BCUT2D eigenvalue weighted by Crippen LogP contribution is -2.27. The maximum Gasteiger partial charge on any atom is 0.344 e. The number of oxazole rings is 1. The highest BCUT2D eigenvalue weighted by molar-refractivity contribution is 5.74. The Morgan fingerprint density at radius 2 is 1.80 bits per heavy atom. The Kier molecular flexibility index (Phi) is 8.22. The molecule has 1 heterocycles. The smallest absolute Gasteiger partial charge is 0.344 e. The van der Waals surface area contributed by atoms with Crippen molar-refractivity contribution in [1.82, 2.24) is 4.98 Å². The standard InChI is InChI=1S/C28H30N2O5/c1-2-10-26(27(31)32)34-23-14-8-11-21(19-23)20-30(17-9-18-33-22-12-4-3-5-13-22)28-29-24-15-6-7-16-25(24)35-28/h3-8,11-16,19,26H,2,9-10,17-18,20H2,1H3,(H,31,32)/t26-/m1/s1. The molecule has 0 saturated heterocycles. The number of hydrogen-bond donors (Lipinski definition) is 1. The number of ether oxygens (including phenoxy) is 2. The number of carboxylic acids is 1. The topological polar surface area (TPSA) is 85.0 Å². The van der Waals surface area contributed by atoms with Crippen molar-refractivity contribution in [2.24, 2.45) is 0 Å². The van der Waals surface area contributed by atoms with Crippen molar-refractivity contribution in [1.29, 1.82) is 0 Å². The molecule has 4 aromatic rings. The summed E-state index contributed by atoms with van der Waals surface area (Å²) >= 11 is 0. The maximum atomic E-state index is 11.5. The molecule has 1 aromatic heterocycles. The Labute approximate surface area is 204 Å². The largest absolute Gasteiger partial charge is 0.494 e. The van der Waals surface area contributed by atoms with Crippen LogP contribution >= 0.6 is 0 Å². The molecule has 0 aliphatic heterocycles. The molecule has 7 heteroatoms. The molecule has 3 aromatic carbocycles. The van der Waals surface area contributed by atoms with Crippen LogP contribution in [0.3, 0.4) is 0 Å². The van der Waals surface area contributed by atoms with Gasteiger partial charge in [-0.2, -0.15) is 4.98 Å². The summed E-state index contributed by atoms with van der Waals surface area (Å²) < 4.78 is 17.7. The number of fused-ring (bicyclic) bond motifs is 1. The molecule has 0 bridgehead atoms. The van der Waals surface area contributed by atoms with Gasteiger partial charge in [-0.25, -0.2) is 4.79 Å². The van der Waals surface area contributed by atoms with E-state index in [1.807, 2.05) is 79.7 Å². The third-order valence-corrected chi connectivity index (χ3v) is 5.51. The zero-order valence-corrected chi connectivity index (χ0v) is 19.8.